The molecule has 2 amide bonds. The number of hydrogen-bond donors (Lipinski definition) is 5. The number of H-pyrrole nitrogens is 1. The van der Waals surface area contributed by atoms with Gasteiger partial charge in [0.15, 0.2) is 0 Å². The normalized spacial score (nSPS) is 10.6. The zero-order valence-corrected chi connectivity index (χ0v) is 17.8. The highest BCUT2D eigenvalue weighted by Gasteiger charge is 2.14. The van der Waals surface area contributed by atoms with E-state index in [1.54, 1.807) is 30.6 Å². The summed E-state index contributed by atoms with van der Waals surface area (Å²) >= 11 is 0. The van der Waals surface area contributed by atoms with Gasteiger partial charge < -0.3 is 15.6 Å². The van der Waals surface area contributed by atoms with E-state index in [2.05, 4.69) is 20.6 Å². The molecule has 10 heteroatoms. The molecule has 0 aliphatic rings. The Balaban J connectivity index is 1.55. The Bertz CT molecular complexity index is 1390. The topological polar surface area (TPSA) is 119 Å². The van der Waals surface area contributed by atoms with Gasteiger partial charge in [0.1, 0.15) is 11.6 Å². The SMILES string of the molecule is Cc1ccc(F)c(NC(=O)c2ccc(F)c(Nc3ccnc(-c4cc(C(=O)NO)c[nH]4)c3)c2)c1. The first-order valence-electron chi connectivity index (χ1n) is 10.1. The van der Waals surface area contributed by atoms with Crippen LogP contribution in [-0.2, 0) is 0 Å². The highest BCUT2D eigenvalue weighted by molar-refractivity contribution is 6.05. The fourth-order valence-electron chi connectivity index (χ4n) is 3.24. The molecule has 0 aliphatic heterocycles. The molecular weight excluding hydrogens is 444 g/mol. The summed E-state index contributed by atoms with van der Waals surface area (Å²) in [6.45, 7) is 1.77. The summed E-state index contributed by atoms with van der Waals surface area (Å²) in [6.07, 6.45) is 2.89. The standard InChI is InChI=1S/C24H19F2N5O3/c1-13-2-4-17(25)19(8-13)30-23(32)14-3-5-18(26)20(9-14)29-16-6-7-27-22(11-16)21-10-15(12-28-21)24(33)31-34/h2-12,28,34H,1H3,(H,27,29)(H,30,32)(H,31,33). The van der Waals surface area contributed by atoms with Gasteiger partial charge in [0.2, 0.25) is 0 Å². The van der Waals surface area contributed by atoms with Crippen molar-refractivity contribution in [1.29, 1.82) is 0 Å². The molecule has 0 spiro atoms. The minimum atomic E-state index is -0.681. The Morgan fingerprint density at radius 2 is 1.68 bits per heavy atom. The number of carbonyl (C=O) groups excluding carboxylic acids is 2. The average molecular weight is 463 g/mol. The second kappa shape index (κ2) is 9.51. The number of nitrogens with one attached hydrogen (secondary N) is 4. The predicted molar refractivity (Wildman–Crippen MR) is 122 cm³/mol. The number of halogens is 2. The largest absolute Gasteiger partial charge is 0.359 e. The first kappa shape index (κ1) is 22.6. The first-order chi connectivity index (χ1) is 16.3. The number of hydrogen-bond acceptors (Lipinski definition) is 5. The number of rotatable bonds is 6. The highest BCUT2D eigenvalue weighted by atomic mass is 19.1. The van der Waals surface area contributed by atoms with Crippen molar-refractivity contribution in [3.05, 3.63) is 95.3 Å². The van der Waals surface area contributed by atoms with Gasteiger partial charge in [-0.2, -0.15) is 0 Å². The average Bonchev–Trinajstić information content (AvgIpc) is 3.33. The fourth-order valence-corrected chi connectivity index (χ4v) is 3.24. The van der Waals surface area contributed by atoms with E-state index in [0.29, 0.717) is 17.1 Å². The van der Waals surface area contributed by atoms with Crippen LogP contribution in [-0.4, -0.2) is 27.0 Å². The van der Waals surface area contributed by atoms with Crippen LogP contribution in [0.15, 0.2) is 67.0 Å². The molecule has 2 aromatic carbocycles. The minimum absolute atomic E-state index is 0.0290. The molecule has 172 valence electrons. The zero-order valence-electron chi connectivity index (χ0n) is 17.8. The Morgan fingerprint density at radius 3 is 2.47 bits per heavy atom. The summed E-state index contributed by atoms with van der Waals surface area (Å²) in [6, 6.07) is 12.8. The summed E-state index contributed by atoms with van der Waals surface area (Å²) in [5, 5.41) is 14.1. The van der Waals surface area contributed by atoms with E-state index in [4.69, 9.17) is 5.21 Å². The van der Waals surface area contributed by atoms with E-state index in [1.807, 2.05) is 0 Å². The molecule has 2 aromatic heterocycles. The molecule has 4 rings (SSSR count). The Morgan fingerprint density at radius 1 is 0.912 bits per heavy atom. The lowest BCUT2D eigenvalue weighted by molar-refractivity contribution is 0.0706. The lowest BCUT2D eigenvalue weighted by Crippen LogP contribution is -2.17. The third kappa shape index (κ3) is 4.92. The Labute approximate surface area is 192 Å². The van der Waals surface area contributed by atoms with Gasteiger partial charge in [0.25, 0.3) is 11.8 Å². The quantitative estimate of drug-likeness (QED) is 0.208. The fraction of sp³-hybridized carbons (Fsp3) is 0.0417. The van der Waals surface area contributed by atoms with Gasteiger partial charge in [-0.25, -0.2) is 14.3 Å². The van der Waals surface area contributed by atoms with Crippen LogP contribution in [0.4, 0.5) is 25.8 Å². The number of pyridine rings is 1. The van der Waals surface area contributed by atoms with Crippen LogP contribution in [0.2, 0.25) is 0 Å². The number of carbonyl (C=O) groups is 2. The number of hydroxylamine groups is 1. The molecular formula is C24H19F2N5O3. The molecule has 0 radical (unpaired) electrons. The molecule has 0 saturated heterocycles. The van der Waals surface area contributed by atoms with Crippen LogP contribution in [0, 0.1) is 18.6 Å². The Hall–Kier alpha value is -4.57. The van der Waals surface area contributed by atoms with Crippen molar-refractivity contribution >= 4 is 28.9 Å². The van der Waals surface area contributed by atoms with Gasteiger partial charge in [0, 0.05) is 23.6 Å². The second-order valence-electron chi connectivity index (χ2n) is 7.43. The number of aromatic nitrogens is 2. The minimum Gasteiger partial charge on any atom is -0.359 e. The van der Waals surface area contributed by atoms with Crippen molar-refractivity contribution in [2.45, 2.75) is 6.92 Å². The Kier molecular flexibility index (Phi) is 6.33. The summed E-state index contributed by atoms with van der Waals surface area (Å²) in [7, 11) is 0. The van der Waals surface area contributed by atoms with Crippen LogP contribution in [0.3, 0.4) is 0 Å². The van der Waals surface area contributed by atoms with E-state index < -0.39 is 23.4 Å². The van der Waals surface area contributed by atoms with Crippen LogP contribution in [0.1, 0.15) is 26.3 Å². The van der Waals surface area contributed by atoms with E-state index in [-0.39, 0.29) is 22.5 Å². The second-order valence-corrected chi connectivity index (χ2v) is 7.43. The van der Waals surface area contributed by atoms with Gasteiger partial charge >= 0.3 is 0 Å². The van der Waals surface area contributed by atoms with Crippen molar-refractivity contribution in [2.75, 3.05) is 10.6 Å². The van der Waals surface area contributed by atoms with Crippen molar-refractivity contribution in [3.63, 3.8) is 0 Å². The first-order valence-corrected chi connectivity index (χ1v) is 10.1. The van der Waals surface area contributed by atoms with Crippen molar-refractivity contribution in [3.8, 4) is 11.4 Å². The molecule has 0 fully saturated rings. The molecule has 5 N–H and O–H groups in total. The maximum atomic E-state index is 14.5. The van der Waals surface area contributed by atoms with E-state index in [1.165, 1.54) is 42.7 Å². The van der Waals surface area contributed by atoms with Gasteiger partial charge in [0.05, 0.1) is 28.3 Å². The summed E-state index contributed by atoms with van der Waals surface area (Å²) in [4.78, 5) is 31.3. The maximum absolute atomic E-state index is 14.5. The molecule has 34 heavy (non-hydrogen) atoms. The van der Waals surface area contributed by atoms with Crippen molar-refractivity contribution < 1.29 is 23.6 Å². The molecule has 8 nitrogen and oxygen atoms in total. The molecule has 0 atom stereocenters. The van der Waals surface area contributed by atoms with E-state index in [9.17, 15) is 18.4 Å². The number of aromatic amines is 1. The molecule has 0 aliphatic carbocycles. The van der Waals surface area contributed by atoms with Gasteiger partial charge in [-0.3, -0.25) is 19.8 Å². The number of nitrogens with zero attached hydrogens (tertiary/aromatic N) is 1. The van der Waals surface area contributed by atoms with Crippen LogP contribution in [0.5, 0.6) is 0 Å². The molecule has 2 heterocycles. The number of benzene rings is 2. The zero-order chi connectivity index (χ0) is 24.2. The van der Waals surface area contributed by atoms with Crippen LogP contribution >= 0.6 is 0 Å². The van der Waals surface area contributed by atoms with E-state index >= 15 is 0 Å². The summed E-state index contributed by atoms with van der Waals surface area (Å²) < 4.78 is 28.5. The van der Waals surface area contributed by atoms with Crippen LogP contribution in [0.25, 0.3) is 11.4 Å². The lowest BCUT2D eigenvalue weighted by atomic mass is 10.1. The molecule has 0 unspecified atom stereocenters. The predicted octanol–water partition coefficient (Wildman–Crippen LogP) is 4.78. The maximum Gasteiger partial charge on any atom is 0.276 e. The van der Waals surface area contributed by atoms with E-state index in [0.717, 1.165) is 11.6 Å². The van der Waals surface area contributed by atoms with Crippen LogP contribution < -0.4 is 16.1 Å². The summed E-state index contributed by atoms with van der Waals surface area (Å²) in [5.41, 5.74) is 4.12. The summed E-state index contributed by atoms with van der Waals surface area (Å²) in [5.74, 6) is -2.45. The van der Waals surface area contributed by atoms with Gasteiger partial charge in [-0.05, 0) is 61.0 Å². The lowest BCUT2D eigenvalue weighted by Gasteiger charge is -2.11. The highest BCUT2D eigenvalue weighted by Crippen LogP contribution is 2.26. The third-order valence-electron chi connectivity index (χ3n) is 4.96. The van der Waals surface area contributed by atoms with Gasteiger partial charge in [-0.15, -0.1) is 0 Å². The monoisotopic (exact) mass is 463 g/mol. The molecule has 4 aromatic rings. The third-order valence-corrected chi connectivity index (χ3v) is 4.96. The number of anilines is 3. The smallest absolute Gasteiger partial charge is 0.276 e. The number of amides is 2. The van der Waals surface area contributed by atoms with Gasteiger partial charge in [-0.1, -0.05) is 6.07 Å². The van der Waals surface area contributed by atoms with Crippen molar-refractivity contribution in [2.24, 2.45) is 0 Å². The molecule has 0 bridgehead atoms. The van der Waals surface area contributed by atoms with Crippen molar-refractivity contribution in [1.82, 2.24) is 15.4 Å². The number of aryl methyl sites for hydroxylation is 1. The molecule has 0 saturated carbocycles.